The molecule has 1 amide bonds. The molecule has 10 heteroatoms. The Balaban J connectivity index is 0.00000289. The molecule has 2 aromatic rings. The zero-order valence-electron chi connectivity index (χ0n) is 18.9. The van der Waals surface area contributed by atoms with Crippen LogP contribution >= 0.6 is 24.0 Å². The second-order valence-electron chi connectivity index (χ2n) is 8.11. The monoisotopic (exact) mass is 552 g/mol. The second-order valence-corrected chi connectivity index (χ2v) is 8.11. The van der Waals surface area contributed by atoms with Crippen LogP contribution in [0.5, 0.6) is 0 Å². The normalized spacial score (nSPS) is 18.4. The van der Waals surface area contributed by atoms with E-state index in [1.807, 2.05) is 43.3 Å². The van der Waals surface area contributed by atoms with Crippen molar-refractivity contribution in [1.29, 1.82) is 0 Å². The molecule has 1 N–H and O–H groups in total. The molecule has 0 aliphatic carbocycles. The summed E-state index contributed by atoms with van der Waals surface area (Å²) in [6.07, 6.45) is 7.69. The van der Waals surface area contributed by atoms with Gasteiger partial charge in [0.25, 0.3) is 0 Å². The summed E-state index contributed by atoms with van der Waals surface area (Å²) in [6.45, 7) is 7.96. The van der Waals surface area contributed by atoms with Gasteiger partial charge in [-0.15, -0.1) is 24.0 Å². The molecule has 0 radical (unpaired) electrons. The van der Waals surface area contributed by atoms with Gasteiger partial charge in [0.05, 0.1) is 6.04 Å². The molecule has 4 heterocycles. The maximum atomic E-state index is 12.7. The lowest BCUT2D eigenvalue weighted by atomic mass is 10.2. The molecule has 32 heavy (non-hydrogen) atoms. The van der Waals surface area contributed by atoms with Gasteiger partial charge in [-0.1, -0.05) is 0 Å². The fourth-order valence-corrected chi connectivity index (χ4v) is 4.29. The smallest absolute Gasteiger partial charge is 0.239 e. The molecule has 2 aliphatic heterocycles. The van der Waals surface area contributed by atoms with Crippen molar-refractivity contribution < 1.29 is 4.79 Å². The Morgan fingerprint density at radius 1 is 1.12 bits per heavy atom. The number of hydrogen-bond donors (Lipinski definition) is 1. The zero-order valence-corrected chi connectivity index (χ0v) is 21.2. The van der Waals surface area contributed by atoms with Crippen molar-refractivity contribution in [2.45, 2.75) is 32.4 Å². The number of aliphatic imine (C=N–C) groups is 1. The zero-order chi connectivity index (χ0) is 21.6. The Morgan fingerprint density at radius 3 is 2.53 bits per heavy atom. The summed E-state index contributed by atoms with van der Waals surface area (Å²) in [4.78, 5) is 28.1. The highest BCUT2D eigenvalue weighted by molar-refractivity contribution is 14.0. The summed E-state index contributed by atoms with van der Waals surface area (Å²) in [7, 11) is 1.82. The summed E-state index contributed by atoms with van der Waals surface area (Å²) in [6, 6.07) is 5.86. The van der Waals surface area contributed by atoms with E-state index in [-0.39, 0.29) is 35.9 Å². The fourth-order valence-electron chi connectivity index (χ4n) is 4.29. The Labute approximate surface area is 206 Å². The number of rotatable bonds is 5. The minimum Gasteiger partial charge on any atom is -0.352 e. The lowest BCUT2D eigenvalue weighted by Gasteiger charge is -2.39. The topological polar surface area (TPSA) is 81.9 Å². The van der Waals surface area contributed by atoms with E-state index >= 15 is 0 Å². The van der Waals surface area contributed by atoms with Gasteiger partial charge in [-0.05, 0) is 43.5 Å². The molecule has 2 fully saturated rings. The van der Waals surface area contributed by atoms with Crippen LogP contribution in [0.1, 0.15) is 25.3 Å². The molecule has 0 aromatic carbocycles. The highest BCUT2D eigenvalue weighted by atomic mass is 127. The third-order valence-corrected chi connectivity index (χ3v) is 6.15. The first kappa shape index (κ1) is 24.4. The molecule has 0 spiro atoms. The minimum absolute atomic E-state index is 0. The van der Waals surface area contributed by atoms with Crippen molar-refractivity contribution in [2.24, 2.45) is 4.99 Å². The standard InChI is InChI=1S/C22H32N8O.HI/c1-18(21(31)28-9-3-4-10-28)27-12-14-29(15-13-27)22(23-2)25-17-19-6-8-24-20(16-19)30-11-5-7-26-30;/h5-8,11,16,18H,3-4,9-10,12-15,17H2,1-2H3,(H,23,25);1H. The molecule has 0 bridgehead atoms. The maximum absolute atomic E-state index is 12.7. The Bertz CT molecular complexity index is 889. The number of hydrogen-bond acceptors (Lipinski definition) is 5. The van der Waals surface area contributed by atoms with E-state index < -0.39 is 0 Å². The fraction of sp³-hybridized carbons (Fsp3) is 0.545. The van der Waals surface area contributed by atoms with Crippen LogP contribution in [0.3, 0.4) is 0 Å². The molecule has 9 nitrogen and oxygen atoms in total. The average molecular weight is 552 g/mol. The molecule has 4 rings (SSSR count). The molecule has 174 valence electrons. The van der Waals surface area contributed by atoms with E-state index in [0.717, 1.165) is 69.5 Å². The first-order valence-electron chi connectivity index (χ1n) is 11.1. The number of piperazine rings is 1. The van der Waals surface area contributed by atoms with Gasteiger partial charge in [-0.2, -0.15) is 5.10 Å². The summed E-state index contributed by atoms with van der Waals surface area (Å²) in [5.41, 5.74) is 1.12. The molecule has 2 saturated heterocycles. The van der Waals surface area contributed by atoms with Gasteiger partial charge in [0.15, 0.2) is 11.8 Å². The van der Waals surface area contributed by atoms with E-state index in [1.54, 1.807) is 17.1 Å². The minimum atomic E-state index is -0.0484. The van der Waals surface area contributed by atoms with E-state index in [2.05, 4.69) is 30.2 Å². The molecule has 2 aromatic heterocycles. The van der Waals surface area contributed by atoms with Gasteiger partial charge < -0.3 is 15.1 Å². The number of nitrogens with zero attached hydrogens (tertiary/aromatic N) is 7. The van der Waals surface area contributed by atoms with Crippen molar-refractivity contribution in [2.75, 3.05) is 46.3 Å². The van der Waals surface area contributed by atoms with Crippen molar-refractivity contribution in [3.63, 3.8) is 0 Å². The summed E-state index contributed by atoms with van der Waals surface area (Å²) < 4.78 is 1.75. The van der Waals surface area contributed by atoms with Gasteiger partial charge >= 0.3 is 0 Å². The number of halogens is 1. The number of aromatic nitrogens is 3. The van der Waals surface area contributed by atoms with Gasteiger partial charge in [-0.25, -0.2) is 9.67 Å². The van der Waals surface area contributed by atoms with Gasteiger partial charge in [0, 0.05) is 71.5 Å². The van der Waals surface area contributed by atoms with Crippen molar-refractivity contribution in [3.8, 4) is 5.82 Å². The van der Waals surface area contributed by atoms with Crippen LogP contribution in [0, 0.1) is 0 Å². The first-order valence-corrected chi connectivity index (χ1v) is 11.1. The van der Waals surface area contributed by atoms with Crippen LogP contribution in [0.25, 0.3) is 5.82 Å². The Morgan fingerprint density at radius 2 is 1.88 bits per heavy atom. The molecule has 2 aliphatic rings. The van der Waals surface area contributed by atoms with Crippen LogP contribution in [-0.4, -0.2) is 93.7 Å². The third kappa shape index (κ3) is 5.77. The molecular formula is C22H33IN8O. The van der Waals surface area contributed by atoms with Crippen molar-refractivity contribution in [1.82, 2.24) is 34.8 Å². The largest absolute Gasteiger partial charge is 0.352 e. The van der Waals surface area contributed by atoms with Crippen LogP contribution < -0.4 is 5.32 Å². The van der Waals surface area contributed by atoms with E-state index in [0.29, 0.717) is 6.54 Å². The van der Waals surface area contributed by atoms with E-state index in [1.165, 1.54) is 0 Å². The van der Waals surface area contributed by atoms with Crippen LogP contribution in [0.15, 0.2) is 41.8 Å². The highest BCUT2D eigenvalue weighted by Crippen LogP contribution is 2.14. The quantitative estimate of drug-likeness (QED) is 0.345. The maximum Gasteiger partial charge on any atom is 0.239 e. The number of nitrogens with one attached hydrogen (secondary N) is 1. The predicted octanol–water partition coefficient (Wildman–Crippen LogP) is 1.59. The molecule has 1 unspecified atom stereocenters. The lowest BCUT2D eigenvalue weighted by molar-refractivity contribution is -0.135. The van der Waals surface area contributed by atoms with Gasteiger partial charge in [-0.3, -0.25) is 14.7 Å². The second kappa shape index (κ2) is 11.6. The summed E-state index contributed by atoms with van der Waals surface area (Å²) in [5.74, 6) is 1.96. The van der Waals surface area contributed by atoms with Crippen LogP contribution in [0.4, 0.5) is 0 Å². The Hall–Kier alpha value is -2.21. The van der Waals surface area contributed by atoms with Crippen LogP contribution in [-0.2, 0) is 11.3 Å². The van der Waals surface area contributed by atoms with E-state index in [4.69, 9.17) is 0 Å². The van der Waals surface area contributed by atoms with Gasteiger partial charge in [0.2, 0.25) is 5.91 Å². The first-order chi connectivity index (χ1) is 15.2. The lowest BCUT2D eigenvalue weighted by Crippen LogP contribution is -2.57. The third-order valence-electron chi connectivity index (χ3n) is 6.15. The summed E-state index contributed by atoms with van der Waals surface area (Å²) in [5, 5.41) is 7.71. The SMILES string of the molecule is CN=C(NCc1ccnc(-n2cccn2)c1)N1CCN(C(C)C(=O)N2CCCC2)CC1.I. The number of guanidine groups is 1. The average Bonchev–Trinajstić information content (AvgIpc) is 3.54. The van der Waals surface area contributed by atoms with E-state index in [9.17, 15) is 4.79 Å². The predicted molar refractivity (Wildman–Crippen MR) is 135 cm³/mol. The van der Waals surface area contributed by atoms with Gasteiger partial charge in [0.1, 0.15) is 0 Å². The number of carbonyl (C=O) groups excluding carboxylic acids is 1. The van der Waals surface area contributed by atoms with Crippen LogP contribution in [0.2, 0.25) is 0 Å². The van der Waals surface area contributed by atoms with Crippen molar-refractivity contribution in [3.05, 3.63) is 42.4 Å². The number of likely N-dealkylation sites (tertiary alicyclic amines) is 1. The molecule has 1 atom stereocenters. The molecule has 0 saturated carbocycles. The number of pyridine rings is 1. The number of carbonyl (C=O) groups is 1. The van der Waals surface area contributed by atoms with Crippen molar-refractivity contribution >= 4 is 35.8 Å². The Kier molecular flexibility index (Phi) is 8.85. The summed E-state index contributed by atoms with van der Waals surface area (Å²) >= 11 is 0. The number of amides is 1. The highest BCUT2D eigenvalue weighted by Gasteiger charge is 2.30. The molecular weight excluding hydrogens is 519 g/mol.